The molecule has 0 aliphatic heterocycles. The molecule has 7 nitrogen and oxygen atoms in total. The molecule has 0 saturated heterocycles. The van der Waals surface area contributed by atoms with Gasteiger partial charge in [0.2, 0.25) is 5.91 Å². The monoisotopic (exact) mass is 272 g/mol. The zero-order chi connectivity index (χ0) is 14.3. The number of aliphatic hydroxyl groups excluding tert-OH is 1. The second-order valence-electron chi connectivity index (χ2n) is 3.14. The van der Waals surface area contributed by atoms with Gasteiger partial charge in [0.05, 0.1) is 6.61 Å². The third-order valence-corrected chi connectivity index (χ3v) is 1.71. The van der Waals surface area contributed by atoms with Crippen molar-refractivity contribution in [2.24, 2.45) is 0 Å². The molecule has 1 atom stereocenters. The van der Waals surface area contributed by atoms with Crippen LogP contribution in [0.25, 0.3) is 0 Å². The van der Waals surface area contributed by atoms with Crippen molar-refractivity contribution in [3.63, 3.8) is 0 Å². The Morgan fingerprint density at radius 2 is 1.78 bits per heavy atom. The van der Waals surface area contributed by atoms with Gasteiger partial charge in [0, 0.05) is 13.0 Å². The van der Waals surface area contributed by atoms with Gasteiger partial charge in [0.15, 0.2) is 0 Å². The Balaban J connectivity index is 3.98. The summed E-state index contributed by atoms with van der Waals surface area (Å²) in [5.74, 6) is -4.57. The summed E-state index contributed by atoms with van der Waals surface area (Å²) < 4.78 is 35.2. The number of amides is 2. The molecule has 0 bridgehead atoms. The van der Waals surface area contributed by atoms with Crippen LogP contribution in [0.4, 0.5) is 13.2 Å². The van der Waals surface area contributed by atoms with Gasteiger partial charge < -0.3 is 20.8 Å². The molecule has 0 radical (unpaired) electrons. The van der Waals surface area contributed by atoms with Crippen molar-refractivity contribution < 1.29 is 37.8 Å². The van der Waals surface area contributed by atoms with Crippen LogP contribution in [0, 0.1) is 0 Å². The quantitative estimate of drug-likeness (QED) is 0.475. The van der Waals surface area contributed by atoms with Gasteiger partial charge in [-0.05, 0) is 0 Å². The molecule has 0 heterocycles. The van der Waals surface area contributed by atoms with Gasteiger partial charge in [0.25, 0.3) is 0 Å². The van der Waals surface area contributed by atoms with Gasteiger partial charge in [-0.15, -0.1) is 0 Å². The summed E-state index contributed by atoms with van der Waals surface area (Å²) >= 11 is 0. The Kier molecular flexibility index (Phi) is 6.09. The van der Waals surface area contributed by atoms with Crippen LogP contribution in [-0.2, 0) is 14.4 Å². The molecule has 4 N–H and O–H groups in total. The van der Waals surface area contributed by atoms with Crippen LogP contribution in [0.3, 0.4) is 0 Å². The van der Waals surface area contributed by atoms with E-state index >= 15 is 0 Å². The summed E-state index contributed by atoms with van der Waals surface area (Å²) in [4.78, 5) is 31.7. The Hall–Kier alpha value is -1.84. The van der Waals surface area contributed by atoms with Gasteiger partial charge in [-0.2, -0.15) is 13.2 Å². The molecule has 0 aromatic rings. The van der Waals surface area contributed by atoms with E-state index < -0.39 is 49.6 Å². The molecule has 0 fully saturated rings. The molecule has 18 heavy (non-hydrogen) atoms. The van der Waals surface area contributed by atoms with Crippen LogP contribution in [0.15, 0.2) is 0 Å². The van der Waals surface area contributed by atoms with Crippen molar-refractivity contribution in [3.05, 3.63) is 0 Å². The molecule has 0 saturated carbocycles. The van der Waals surface area contributed by atoms with E-state index in [4.69, 9.17) is 10.2 Å². The summed E-state index contributed by atoms with van der Waals surface area (Å²) in [7, 11) is 0. The highest BCUT2D eigenvalue weighted by Gasteiger charge is 2.38. The predicted octanol–water partition coefficient (Wildman–Crippen LogP) is -1.38. The lowest BCUT2D eigenvalue weighted by Crippen LogP contribution is -2.45. The van der Waals surface area contributed by atoms with Gasteiger partial charge in [-0.25, -0.2) is 4.79 Å². The Labute approximate surface area is 99.0 Å². The Bertz CT molecular complexity index is 331. The molecular weight excluding hydrogens is 261 g/mol. The number of aliphatic hydroxyl groups is 1. The molecule has 0 spiro atoms. The Morgan fingerprint density at radius 3 is 2.17 bits per heavy atom. The summed E-state index contributed by atoms with van der Waals surface area (Å²) in [5.41, 5.74) is 0. The predicted molar refractivity (Wildman–Crippen MR) is 50.3 cm³/mol. The van der Waals surface area contributed by atoms with Crippen LogP contribution in [0.2, 0.25) is 0 Å². The number of nitrogens with one attached hydrogen (secondary N) is 2. The number of hydrogen-bond donors (Lipinski definition) is 4. The average molecular weight is 272 g/mol. The summed E-state index contributed by atoms with van der Waals surface area (Å²) in [6, 6.07) is -1.53. The molecule has 0 rings (SSSR count). The van der Waals surface area contributed by atoms with Crippen molar-refractivity contribution in [1.82, 2.24) is 10.6 Å². The fourth-order valence-electron chi connectivity index (χ4n) is 0.842. The number of halogens is 3. The summed E-state index contributed by atoms with van der Waals surface area (Å²) in [5, 5.41) is 20.3. The van der Waals surface area contributed by atoms with Crippen molar-refractivity contribution in [3.8, 4) is 0 Å². The maximum atomic E-state index is 11.7. The highest BCUT2D eigenvalue weighted by molar-refractivity contribution is 5.85. The number of carbonyl (C=O) groups excluding carboxylic acids is 2. The van der Waals surface area contributed by atoms with Gasteiger partial charge in [0.1, 0.15) is 6.04 Å². The van der Waals surface area contributed by atoms with E-state index in [0.29, 0.717) is 0 Å². The molecule has 2 amide bonds. The van der Waals surface area contributed by atoms with E-state index in [1.165, 1.54) is 5.32 Å². The lowest BCUT2D eigenvalue weighted by atomic mass is 10.3. The van der Waals surface area contributed by atoms with E-state index in [2.05, 4.69) is 0 Å². The molecule has 0 aliphatic carbocycles. The number of carboxylic acids is 1. The normalized spacial score (nSPS) is 12.7. The SMILES string of the molecule is O=C(CCNC(=O)C(F)(F)F)NC(CO)C(=O)O. The molecular formula is C8H11F3N2O5. The molecule has 104 valence electrons. The molecule has 1 unspecified atom stereocenters. The van der Waals surface area contributed by atoms with Gasteiger partial charge >= 0.3 is 18.1 Å². The van der Waals surface area contributed by atoms with Gasteiger partial charge in [-0.1, -0.05) is 0 Å². The van der Waals surface area contributed by atoms with Crippen molar-refractivity contribution in [2.75, 3.05) is 13.2 Å². The molecule has 0 aromatic heterocycles. The third-order valence-electron chi connectivity index (χ3n) is 1.71. The Morgan fingerprint density at radius 1 is 1.22 bits per heavy atom. The minimum absolute atomic E-state index is 0.536. The van der Waals surface area contributed by atoms with Crippen molar-refractivity contribution in [2.45, 2.75) is 18.6 Å². The lowest BCUT2D eigenvalue weighted by Gasteiger charge is -2.12. The van der Waals surface area contributed by atoms with E-state index in [1.54, 1.807) is 0 Å². The van der Waals surface area contributed by atoms with E-state index in [0.717, 1.165) is 0 Å². The lowest BCUT2D eigenvalue weighted by molar-refractivity contribution is -0.173. The number of aliphatic carboxylic acids is 1. The van der Waals surface area contributed by atoms with E-state index in [9.17, 15) is 27.6 Å². The molecule has 0 aromatic carbocycles. The van der Waals surface area contributed by atoms with E-state index in [1.807, 2.05) is 5.32 Å². The maximum Gasteiger partial charge on any atom is 0.471 e. The highest BCUT2D eigenvalue weighted by atomic mass is 19.4. The first-order valence-corrected chi connectivity index (χ1v) is 4.66. The minimum atomic E-state index is -5.04. The standard InChI is InChI=1S/C8H11F3N2O5/c9-8(10,11)7(18)12-2-1-5(15)13-4(3-14)6(16)17/h4,14H,1-3H2,(H,12,18)(H,13,15)(H,16,17). The fraction of sp³-hybridized carbons (Fsp3) is 0.625. The smallest absolute Gasteiger partial charge is 0.471 e. The number of carbonyl (C=O) groups is 3. The zero-order valence-electron chi connectivity index (χ0n) is 8.95. The summed E-state index contributed by atoms with van der Waals surface area (Å²) in [6.45, 7) is -1.45. The number of carboxylic acid groups (broad SMARTS) is 1. The molecule has 0 aliphatic rings. The topological polar surface area (TPSA) is 116 Å². The molecule has 10 heteroatoms. The average Bonchev–Trinajstić information content (AvgIpc) is 2.23. The maximum absolute atomic E-state index is 11.7. The van der Waals surface area contributed by atoms with Crippen LogP contribution >= 0.6 is 0 Å². The first-order valence-electron chi connectivity index (χ1n) is 4.66. The van der Waals surface area contributed by atoms with Crippen LogP contribution < -0.4 is 10.6 Å². The summed E-state index contributed by atoms with van der Waals surface area (Å²) in [6.07, 6.45) is -5.57. The first-order chi connectivity index (χ1) is 8.18. The highest BCUT2D eigenvalue weighted by Crippen LogP contribution is 2.13. The van der Waals surface area contributed by atoms with Crippen molar-refractivity contribution >= 4 is 17.8 Å². The zero-order valence-corrected chi connectivity index (χ0v) is 8.95. The van der Waals surface area contributed by atoms with Crippen molar-refractivity contribution in [1.29, 1.82) is 0 Å². The third kappa shape index (κ3) is 6.03. The second kappa shape index (κ2) is 6.79. The number of alkyl halides is 3. The van der Waals surface area contributed by atoms with Crippen LogP contribution in [-0.4, -0.2) is 53.4 Å². The van der Waals surface area contributed by atoms with Gasteiger partial charge in [-0.3, -0.25) is 9.59 Å². The van der Waals surface area contributed by atoms with E-state index in [-0.39, 0.29) is 0 Å². The van der Waals surface area contributed by atoms with Crippen LogP contribution in [0.1, 0.15) is 6.42 Å². The number of hydrogen-bond acceptors (Lipinski definition) is 4. The fourth-order valence-corrected chi connectivity index (χ4v) is 0.842. The minimum Gasteiger partial charge on any atom is -0.480 e. The second-order valence-corrected chi connectivity index (χ2v) is 3.14. The first kappa shape index (κ1) is 16.2. The van der Waals surface area contributed by atoms with Crippen LogP contribution in [0.5, 0.6) is 0 Å². The number of rotatable bonds is 6. The largest absolute Gasteiger partial charge is 0.480 e.